The second kappa shape index (κ2) is 3.70. The van der Waals surface area contributed by atoms with Gasteiger partial charge in [0.05, 0.1) is 11.7 Å². The Morgan fingerprint density at radius 1 is 1.17 bits per heavy atom. The van der Waals surface area contributed by atoms with Crippen LogP contribution in [0, 0.1) is 0 Å². The van der Waals surface area contributed by atoms with Crippen LogP contribution in [-0.4, -0.2) is 14.5 Å². The van der Waals surface area contributed by atoms with E-state index < -0.39 is 0 Å². The second-order valence-corrected chi connectivity index (χ2v) is 6.76. The standard InChI is InChI=1S/C14H21N3O/c1-13(2,3)9-7-17(14(4,5)6)11-10(9)12(18)16-8-15-11/h7-8H,1-6H3,(H,15,16,18). The Kier molecular flexibility index (Phi) is 2.65. The van der Waals surface area contributed by atoms with Crippen LogP contribution in [0.15, 0.2) is 17.3 Å². The van der Waals surface area contributed by atoms with Gasteiger partial charge in [-0.25, -0.2) is 4.98 Å². The lowest BCUT2D eigenvalue weighted by Gasteiger charge is -2.22. The van der Waals surface area contributed by atoms with Crippen LogP contribution in [0.1, 0.15) is 47.1 Å². The third-order valence-corrected chi connectivity index (χ3v) is 3.12. The Morgan fingerprint density at radius 2 is 1.78 bits per heavy atom. The molecule has 0 bridgehead atoms. The summed E-state index contributed by atoms with van der Waals surface area (Å²) in [4.78, 5) is 19.1. The van der Waals surface area contributed by atoms with Gasteiger partial charge in [-0.15, -0.1) is 0 Å². The highest BCUT2D eigenvalue weighted by atomic mass is 16.1. The zero-order chi connectivity index (χ0) is 13.7. The van der Waals surface area contributed by atoms with E-state index in [1.807, 2.05) is 0 Å². The molecule has 0 aromatic carbocycles. The lowest BCUT2D eigenvalue weighted by molar-refractivity contribution is 0.406. The number of hydrogen-bond donors (Lipinski definition) is 1. The number of aromatic nitrogens is 3. The molecular formula is C14H21N3O. The van der Waals surface area contributed by atoms with Crippen LogP contribution in [0.5, 0.6) is 0 Å². The molecule has 0 saturated carbocycles. The molecule has 2 rings (SSSR count). The van der Waals surface area contributed by atoms with Crippen molar-refractivity contribution in [3.8, 4) is 0 Å². The zero-order valence-electron chi connectivity index (χ0n) is 12.0. The minimum atomic E-state index is -0.0947. The van der Waals surface area contributed by atoms with E-state index in [4.69, 9.17) is 0 Å². The molecule has 4 heteroatoms. The van der Waals surface area contributed by atoms with Crippen LogP contribution < -0.4 is 5.56 Å². The van der Waals surface area contributed by atoms with Crippen molar-refractivity contribution in [2.45, 2.75) is 52.5 Å². The molecule has 0 aliphatic rings. The van der Waals surface area contributed by atoms with Gasteiger partial charge >= 0.3 is 0 Å². The summed E-state index contributed by atoms with van der Waals surface area (Å²) in [6.45, 7) is 12.7. The maximum Gasteiger partial charge on any atom is 0.260 e. The van der Waals surface area contributed by atoms with Crippen molar-refractivity contribution in [3.63, 3.8) is 0 Å². The fourth-order valence-electron chi connectivity index (χ4n) is 2.15. The number of nitrogens with zero attached hydrogens (tertiary/aromatic N) is 2. The zero-order valence-corrected chi connectivity index (χ0v) is 12.0. The first-order chi connectivity index (χ1) is 8.12. The van der Waals surface area contributed by atoms with E-state index in [1.54, 1.807) is 0 Å². The summed E-state index contributed by atoms with van der Waals surface area (Å²) >= 11 is 0. The molecule has 0 saturated heterocycles. The lowest BCUT2D eigenvalue weighted by Crippen LogP contribution is -2.21. The van der Waals surface area contributed by atoms with Gasteiger partial charge in [0.25, 0.3) is 5.56 Å². The number of hydrogen-bond acceptors (Lipinski definition) is 2. The molecule has 0 spiro atoms. The van der Waals surface area contributed by atoms with Gasteiger partial charge in [0.15, 0.2) is 0 Å². The molecule has 2 heterocycles. The minimum absolute atomic E-state index is 0.0621. The minimum Gasteiger partial charge on any atom is -0.327 e. The van der Waals surface area contributed by atoms with E-state index in [0.717, 1.165) is 11.2 Å². The normalized spacial score (nSPS) is 13.2. The van der Waals surface area contributed by atoms with E-state index >= 15 is 0 Å². The summed E-state index contributed by atoms with van der Waals surface area (Å²) in [5.41, 5.74) is 1.57. The van der Waals surface area contributed by atoms with Gasteiger partial charge in [-0.05, 0) is 31.7 Å². The molecule has 2 aromatic heterocycles. The molecule has 0 fully saturated rings. The van der Waals surface area contributed by atoms with Gasteiger partial charge in [-0.3, -0.25) is 4.79 Å². The quantitative estimate of drug-likeness (QED) is 0.778. The predicted octanol–water partition coefficient (Wildman–Crippen LogP) is 2.78. The maximum absolute atomic E-state index is 12.1. The Bertz CT molecular complexity index is 636. The van der Waals surface area contributed by atoms with E-state index in [-0.39, 0.29) is 16.5 Å². The number of aromatic amines is 1. The van der Waals surface area contributed by atoms with Crippen molar-refractivity contribution >= 4 is 11.0 Å². The third kappa shape index (κ3) is 1.96. The molecule has 18 heavy (non-hydrogen) atoms. The highest BCUT2D eigenvalue weighted by Crippen LogP contribution is 2.31. The van der Waals surface area contributed by atoms with Gasteiger partial charge in [-0.1, -0.05) is 20.8 Å². The average molecular weight is 247 g/mol. The third-order valence-electron chi connectivity index (χ3n) is 3.12. The first-order valence-corrected chi connectivity index (χ1v) is 6.22. The molecular weight excluding hydrogens is 226 g/mol. The fourth-order valence-corrected chi connectivity index (χ4v) is 2.15. The van der Waals surface area contributed by atoms with Crippen molar-refractivity contribution < 1.29 is 0 Å². The molecule has 0 unspecified atom stereocenters. The summed E-state index contributed by atoms with van der Waals surface area (Å²) in [6.07, 6.45) is 3.53. The number of fused-ring (bicyclic) bond motifs is 1. The first-order valence-electron chi connectivity index (χ1n) is 6.22. The molecule has 2 aromatic rings. The van der Waals surface area contributed by atoms with Crippen LogP contribution in [0.2, 0.25) is 0 Å². The van der Waals surface area contributed by atoms with Gasteiger partial charge in [0, 0.05) is 11.7 Å². The Balaban J connectivity index is 2.94. The highest BCUT2D eigenvalue weighted by Gasteiger charge is 2.26. The monoisotopic (exact) mass is 247 g/mol. The largest absolute Gasteiger partial charge is 0.327 e. The average Bonchev–Trinajstić information content (AvgIpc) is 2.56. The van der Waals surface area contributed by atoms with Crippen molar-refractivity contribution in [2.75, 3.05) is 0 Å². The first kappa shape index (κ1) is 12.9. The summed E-state index contributed by atoms with van der Waals surface area (Å²) in [7, 11) is 0. The SMILES string of the molecule is CC(C)(C)c1cn(C(C)(C)C)c2nc[nH]c(=O)c12. The lowest BCUT2D eigenvalue weighted by atomic mass is 9.87. The fraction of sp³-hybridized carbons (Fsp3) is 0.571. The van der Waals surface area contributed by atoms with Crippen LogP contribution in [0.4, 0.5) is 0 Å². The smallest absolute Gasteiger partial charge is 0.260 e. The van der Waals surface area contributed by atoms with Gasteiger partial charge in [0.1, 0.15) is 5.65 Å². The molecule has 0 amide bonds. The van der Waals surface area contributed by atoms with E-state index in [1.165, 1.54) is 6.33 Å². The summed E-state index contributed by atoms with van der Waals surface area (Å²) < 4.78 is 2.08. The topological polar surface area (TPSA) is 50.7 Å². The Labute approximate surface area is 107 Å². The Morgan fingerprint density at radius 3 is 2.28 bits per heavy atom. The number of H-pyrrole nitrogens is 1. The van der Waals surface area contributed by atoms with Gasteiger partial charge in [-0.2, -0.15) is 0 Å². The van der Waals surface area contributed by atoms with E-state index in [0.29, 0.717) is 5.39 Å². The number of nitrogens with one attached hydrogen (secondary N) is 1. The second-order valence-electron chi connectivity index (χ2n) is 6.76. The van der Waals surface area contributed by atoms with Crippen molar-refractivity contribution in [2.24, 2.45) is 0 Å². The molecule has 0 atom stereocenters. The number of rotatable bonds is 0. The van der Waals surface area contributed by atoms with Crippen molar-refractivity contribution in [1.82, 2.24) is 14.5 Å². The van der Waals surface area contributed by atoms with Crippen LogP contribution in [0.25, 0.3) is 11.0 Å². The molecule has 4 nitrogen and oxygen atoms in total. The summed E-state index contributed by atoms with van der Waals surface area (Å²) in [6, 6.07) is 0. The molecule has 1 N–H and O–H groups in total. The molecule has 0 aliphatic carbocycles. The summed E-state index contributed by atoms with van der Waals surface area (Å²) in [5, 5.41) is 0.708. The van der Waals surface area contributed by atoms with Gasteiger partial charge < -0.3 is 9.55 Å². The van der Waals surface area contributed by atoms with Gasteiger partial charge in [0.2, 0.25) is 0 Å². The molecule has 0 aliphatic heterocycles. The Hall–Kier alpha value is -1.58. The summed E-state index contributed by atoms with van der Waals surface area (Å²) in [5.74, 6) is 0. The molecule has 98 valence electrons. The molecule has 0 radical (unpaired) electrons. The predicted molar refractivity (Wildman–Crippen MR) is 74.0 cm³/mol. The van der Waals surface area contributed by atoms with Crippen molar-refractivity contribution in [3.05, 3.63) is 28.4 Å². The van der Waals surface area contributed by atoms with E-state index in [9.17, 15) is 4.79 Å². The highest BCUT2D eigenvalue weighted by molar-refractivity contribution is 5.80. The van der Waals surface area contributed by atoms with Crippen LogP contribution in [0.3, 0.4) is 0 Å². The van der Waals surface area contributed by atoms with Crippen LogP contribution in [-0.2, 0) is 11.0 Å². The van der Waals surface area contributed by atoms with E-state index in [2.05, 4.69) is 62.3 Å². The van der Waals surface area contributed by atoms with Crippen LogP contribution >= 0.6 is 0 Å². The van der Waals surface area contributed by atoms with Crippen molar-refractivity contribution in [1.29, 1.82) is 0 Å². The maximum atomic E-state index is 12.1.